The van der Waals surface area contributed by atoms with Gasteiger partial charge in [-0.1, -0.05) is 58.1 Å². The molecule has 0 amide bonds. The van der Waals surface area contributed by atoms with E-state index in [0.29, 0.717) is 112 Å². The van der Waals surface area contributed by atoms with Crippen LogP contribution in [-0.4, -0.2) is 95.9 Å². The Balaban J connectivity index is 0.955. The number of ketones is 5. The van der Waals surface area contributed by atoms with Gasteiger partial charge in [0.1, 0.15) is 17.3 Å². The zero-order chi connectivity index (χ0) is 40.3. The number of nitrogens with zero attached hydrogens (tertiary/aromatic N) is 2. The van der Waals surface area contributed by atoms with Gasteiger partial charge < -0.3 is 14.6 Å². The molecular formula is C43H44Cl4N2O8. The van der Waals surface area contributed by atoms with Gasteiger partial charge in [-0.3, -0.25) is 33.8 Å². The highest BCUT2D eigenvalue weighted by Gasteiger charge is 2.54. The monoisotopic (exact) mass is 856 g/mol. The fourth-order valence-electron chi connectivity index (χ4n) is 9.91. The van der Waals surface area contributed by atoms with E-state index in [9.17, 15) is 29.1 Å². The van der Waals surface area contributed by atoms with Gasteiger partial charge in [-0.2, -0.15) is 0 Å². The number of aliphatic hydroxyl groups is 1. The molecule has 2 aromatic carbocycles. The Morgan fingerprint density at radius 3 is 2.14 bits per heavy atom. The topological polar surface area (TPSA) is 131 Å². The van der Waals surface area contributed by atoms with Gasteiger partial charge >= 0.3 is 0 Å². The number of morpholine rings is 2. The maximum Gasteiger partial charge on any atom is 0.201 e. The summed E-state index contributed by atoms with van der Waals surface area (Å²) in [6.07, 6.45) is 4.43. The molecule has 5 fully saturated rings. The molecule has 57 heavy (non-hydrogen) atoms. The molecule has 8 rings (SSSR count). The Kier molecular flexibility index (Phi) is 11.9. The molecule has 302 valence electrons. The van der Waals surface area contributed by atoms with Crippen LogP contribution in [0.3, 0.4) is 0 Å². The van der Waals surface area contributed by atoms with E-state index < -0.39 is 29.3 Å². The van der Waals surface area contributed by atoms with Gasteiger partial charge in [0.15, 0.2) is 23.1 Å². The molecule has 2 aliphatic heterocycles. The van der Waals surface area contributed by atoms with Crippen LogP contribution in [0.5, 0.6) is 0 Å². The third-order valence-electron chi connectivity index (χ3n) is 13.0. The summed E-state index contributed by atoms with van der Waals surface area (Å²) < 4.78 is 11.6. The van der Waals surface area contributed by atoms with Gasteiger partial charge in [0.05, 0.1) is 36.0 Å². The molecule has 0 radical (unpaired) electrons. The van der Waals surface area contributed by atoms with Crippen molar-refractivity contribution in [3.63, 3.8) is 0 Å². The molecule has 14 heteroatoms. The fourth-order valence-corrected chi connectivity index (χ4v) is 11.1. The summed E-state index contributed by atoms with van der Waals surface area (Å²) in [6, 6.07) is 6.22. The first-order valence-corrected chi connectivity index (χ1v) is 21.2. The van der Waals surface area contributed by atoms with Crippen molar-refractivity contribution >= 4 is 75.3 Å². The largest absolute Gasteiger partial charge is 0.511 e. The molecule has 3 saturated carbocycles. The normalized spacial score (nSPS) is 29.7. The number of carbonyl (C=O) groups is 5. The van der Waals surface area contributed by atoms with Crippen LogP contribution < -0.4 is 0 Å². The number of Topliss-reactive ketones (excluding diaryl/α,β-unsaturated/α-hetero) is 5. The number of halogens is 4. The van der Waals surface area contributed by atoms with Crippen molar-refractivity contribution in [2.45, 2.75) is 58.2 Å². The highest BCUT2D eigenvalue weighted by molar-refractivity contribution is 6.41. The summed E-state index contributed by atoms with van der Waals surface area (Å²) in [7, 11) is 0. The molecule has 2 aromatic rings. The molecule has 10 nitrogen and oxygen atoms in total. The lowest BCUT2D eigenvalue weighted by molar-refractivity contribution is -0.137. The molecule has 4 bridgehead atoms. The van der Waals surface area contributed by atoms with Crippen LogP contribution in [-0.2, 0) is 36.9 Å². The summed E-state index contributed by atoms with van der Waals surface area (Å²) in [6.45, 7) is 6.67. The van der Waals surface area contributed by atoms with Gasteiger partial charge in [-0.05, 0) is 69.2 Å². The van der Waals surface area contributed by atoms with Crippen LogP contribution in [0, 0.1) is 35.5 Å². The number of aliphatic hydroxyl groups excluding tert-OH is 1. The Morgan fingerprint density at radius 2 is 1.42 bits per heavy atom. The van der Waals surface area contributed by atoms with Crippen LogP contribution in [0.15, 0.2) is 47.2 Å². The van der Waals surface area contributed by atoms with Crippen molar-refractivity contribution in [3.8, 4) is 0 Å². The lowest BCUT2D eigenvalue weighted by Gasteiger charge is -2.33. The van der Waals surface area contributed by atoms with E-state index in [2.05, 4.69) is 9.80 Å². The lowest BCUT2D eigenvalue weighted by Crippen LogP contribution is -2.42. The third-order valence-corrected chi connectivity index (χ3v) is 14.6. The maximum absolute atomic E-state index is 14.1. The zero-order valence-electron chi connectivity index (χ0n) is 31.5. The molecule has 0 aromatic heterocycles. The van der Waals surface area contributed by atoms with Gasteiger partial charge in [-0.15, -0.1) is 0 Å². The highest BCUT2D eigenvalue weighted by atomic mass is 35.5. The van der Waals surface area contributed by atoms with Crippen LogP contribution in [0.1, 0.15) is 70.9 Å². The van der Waals surface area contributed by atoms with E-state index in [-0.39, 0.29) is 73.7 Å². The van der Waals surface area contributed by atoms with Gasteiger partial charge in [-0.25, -0.2) is 0 Å². The Morgan fingerprint density at radius 1 is 0.789 bits per heavy atom. The minimum Gasteiger partial charge on any atom is -0.511 e. The first kappa shape index (κ1) is 40.8. The van der Waals surface area contributed by atoms with Crippen molar-refractivity contribution < 1.29 is 38.6 Å². The average molecular weight is 859 g/mol. The molecule has 0 spiro atoms. The first-order valence-electron chi connectivity index (χ1n) is 19.7. The number of hydrogen-bond acceptors (Lipinski definition) is 10. The minimum atomic E-state index is -1.41. The minimum absolute atomic E-state index is 0.128. The van der Waals surface area contributed by atoms with Crippen LogP contribution in [0.4, 0.5) is 0 Å². The second-order valence-corrected chi connectivity index (χ2v) is 17.9. The molecule has 7 unspecified atom stereocenters. The molecule has 2 saturated heterocycles. The SMILES string of the molecule is C/C(=C\C1CN(Cc2c(Cl)ccc(C(=O)C3=C(O)C4CCC(C4)C3=O)c2Cl)CCO1)C1CC2CC1C(=O)C(C(=O)c1ccc(Cl)c(CN3CCOCC3)c1Cl)C2=O. The third kappa shape index (κ3) is 7.70. The van der Waals surface area contributed by atoms with E-state index in [1.165, 1.54) is 12.1 Å². The molecule has 4 aliphatic carbocycles. The molecule has 1 N–H and O–H groups in total. The summed E-state index contributed by atoms with van der Waals surface area (Å²) in [5.41, 5.74) is 2.15. The van der Waals surface area contributed by atoms with Crippen molar-refractivity contribution in [2.75, 3.05) is 46.0 Å². The second-order valence-electron chi connectivity index (χ2n) is 16.4. The number of ether oxygens (including phenoxy) is 2. The number of fused-ring (bicyclic) bond motifs is 4. The van der Waals surface area contributed by atoms with Crippen molar-refractivity contribution in [3.05, 3.63) is 89.6 Å². The highest BCUT2D eigenvalue weighted by Crippen LogP contribution is 2.49. The molecule has 7 atom stereocenters. The fraction of sp³-hybridized carbons (Fsp3) is 0.512. The van der Waals surface area contributed by atoms with E-state index in [0.717, 1.165) is 5.57 Å². The molecule has 2 heterocycles. The number of benzene rings is 2. The average Bonchev–Trinajstić information content (AvgIpc) is 3.83. The second kappa shape index (κ2) is 16.6. The van der Waals surface area contributed by atoms with E-state index in [1.807, 2.05) is 13.0 Å². The summed E-state index contributed by atoms with van der Waals surface area (Å²) in [5.74, 6) is -5.32. The maximum atomic E-state index is 14.1. The smallest absolute Gasteiger partial charge is 0.201 e. The van der Waals surface area contributed by atoms with Crippen LogP contribution in [0.2, 0.25) is 20.1 Å². The summed E-state index contributed by atoms with van der Waals surface area (Å²) >= 11 is 26.8. The van der Waals surface area contributed by atoms with Crippen molar-refractivity contribution in [1.82, 2.24) is 9.80 Å². The molecule has 6 aliphatic rings. The van der Waals surface area contributed by atoms with Gasteiger partial charge in [0, 0.05) is 95.2 Å². The predicted octanol–water partition coefficient (Wildman–Crippen LogP) is 7.57. The van der Waals surface area contributed by atoms with Crippen LogP contribution >= 0.6 is 46.4 Å². The van der Waals surface area contributed by atoms with E-state index in [4.69, 9.17) is 55.9 Å². The Bertz CT molecular complexity index is 2110. The predicted molar refractivity (Wildman–Crippen MR) is 215 cm³/mol. The van der Waals surface area contributed by atoms with E-state index >= 15 is 0 Å². The Labute approximate surface area is 351 Å². The summed E-state index contributed by atoms with van der Waals surface area (Å²) in [4.78, 5) is 72.9. The molecular weight excluding hydrogens is 814 g/mol. The van der Waals surface area contributed by atoms with Crippen molar-refractivity contribution in [2.24, 2.45) is 35.5 Å². The van der Waals surface area contributed by atoms with Crippen LogP contribution in [0.25, 0.3) is 0 Å². The van der Waals surface area contributed by atoms with Gasteiger partial charge in [0.25, 0.3) is 0 Å². The first-order chi connectivity index (χ1) is 27.3. The lowest BCUT2D eigenvalue weighted by atomic mass is 9.73. The van der Waals surface area contributed by atoms with Crippen molar-refractivity contribution in [1.29, 1.82) is 0 Å². The number of allylic oxidation sites excluding steroid dienone is 3. The standard InChI is InChI=1S/C43H44Cl4N2O8/c1-21(28-16-24-17-29(28)43(55)35(40(24)52)42(54)27-5-6-32(44)30(36(27)46)19-48-8-11-56-12-9-48)14-25-18-49(10-13-57-25)20-31-33(45)7-4-26(37(31)47)41(53)34-38(50)22-2-3-23(15-22)39(34)51/h4-7,14,22-25,28-29,35,50H,2-3,8-13,15-20H2,1H3/b21-14+. The number of rotatable bonds is 10. The zero-order valence-corrected chi connectivity index (χ0v) is 34.6. The summed E-state index contributed by atoms with van der Waals surface area (Å²) in [5, 5.41) is 11.9. The Hall–Kier alpha value is -2.93. The van der Waals surface area contributed by atoms with E-state index in [1.54, 1.807) is 12.1 Å². The number of carbonyl (C=O) groups excluding carboxylic acids is 5. The number of hydrogen-bond donors (Lipinski definition) is 1. The van der Waals surface area contributed by atoms with Gasteiger partial charge in [0.2, 0.25) is 5.78 Å². The quantitative estimate of drug-likeness (QED) is 0.111.